The minimum Gasteiger partial charge on any atom is -0.388 e. The van der Waals surface area contributed by atoms with Gasteiger partial charge in [-0.05, 0) is 23.8 Å². The second-order valence-electron chi connectivity index (χ2n) is 5.61. The maximum atomic E-state index is 13.8. The molecule has 0 radical (unpaired) electrons. The highest BCUT2D eigenvalue weighted by Gasteiger charge is 2.32. The Hall–Kier alpha value is -3.06. The summed E-state index contributed by atoms with van der Waals surface area (Å²) in [6.07, 6.45) is 0. The van der Waals surface area contributed by atoms with Gasteiger partial charge in [-0.1, -0.05) is 30.3 Å². The summed E-state index contributed by atoms with van der Waals surface area (Å²) in [7, 11) is 2.64. The van der Waals surface area contributed by atoms with Crippen LogP contribution in [0.15, 0.2) is 48.5 Å². The van der Waals surface area contributed by atoms with Crippen molar-refractivity contribution in [2.24, 2.45) is 0 Å². The third-order valence-corrected chi connectivity index (χ3v) is 3.98. The van der Waals surface area contributed by atoms with Crippen molar-refractivity contribution in [1.82, 2.24) is 10.2 Å². The first-order valence-electron chi connectivity index (χ1n) is 7.88. The molecular formula is C19H19FN2O4. The van der Waals surface area contributed by atoms with E-state index >= 15 is 0 Å². The maximum Gasteiger partial charge on any atom is 0.254 e. The van der Waals surface area contributed by atoms with E-state index in [0.29, 0.717) is 11.1 Å². The Morgan fingerprint density at radius 3 is 2.27 bits per heavy atom. The number of nitrogens with one attached hydrogen (secondary N) is 1. The first-order chi connectivity index (χ1) is 12.4. The summed E-state index contributed by atoms with van der Waals surface area (Å²) in [6.45, 7) is -0.859. The van der Waals surface area contributed by atoms with Crippen molar-refractivity contribution in [3.05, 3.63) is 59.9 Å². The van der Waals surface area contributed by atoms with Crippen LogP contribution in [-0.2, 0) is 9.59 Å². The highest BCUT2D eigenvalue weighted by molar-refractivity contribution is 6.10. The largest absolute Gasteiger partial charge is 0.388 e. The van der Waals surface area contributed by atoms with Gasteiger partial charge in [0.2, 0.25) is 5.91 Å². The van der Waals surface area contributed by atoms with E-state index in [0.717, 1.165) is 4.90 Å². The van der Waals surface area contributed by atoms with Crippen LogP contribution in [0, 0.1) is 5.82 Å². The lowest BCUT2D eigenvalue weighted by atomic mass is 10.0. The lowest BCUT2D eigenvalue weighted by molar-refractivity contribution is -0.135. The predicted octanol–water partition coefficient (Wildman–Crippen LogP) is 1.24. The van der Waals surface area contributed by atoms with Crippen molar-refractivity contribution < 1.29 is 23.9 Å². The number of aliphatic hydroxyl groups is 1. The average molecular weight is 358 g/mol. The van der Waals surface area contributed by atoms with Crippen LogP contribution in [0.2, 0.25) is 0 Å². The van der Waals surface area contributed by atoms with Gasteiger partial charge in [0.05, 0.1) is 0 Å². The molecule has 7 heteroatoms. The van der Waals surface area contributed by atoms with E-state index < -0.39 is 30.2 Å². The number of carbonyl (C=O) groups excluding carboxylic acids is 3. The van der Waals surface area contributed by atoms with Gasteiger partial charge in [-0.2, -0.15) is 0 Å². The molecule has 2 N–H and O–H groups in total. The fourth-order valence-corrected chi connectivity index (χ4v) is 2.57. The number of halogens is 1. The number of amides is 2. The van der Waals surface area contributed by atoms with E-state index in [4.69, 9.17) is 5.11 Å². The van der Waals surface area contributed by atoms with Gasteiger partial charge in [0.25, 0.3) is 5.91 Å². The van der Waals surface area contributed by atoms with Crippen molar-refractivity contribution in [1.29, 1.82) is 0 Å². The predicted molar refractivity (Wildman–Crippen MR) is 93.9 cm³/mol. The zero-order valence-corrected chi connectivity index (χ0v) is 14.4. The summed E-state index contributed by atoms with van der Waals surface area (Å²) in [5.41, 5.74) is 1.22. The molecular weight excluding hydrogens is 339 g/mol. The van der Waals surface area contributed by atoms with Crippen molar-refractivity contribution >= 4 is 17.6 Å². The van der Waals surface area contributed by atoms with E-state index in [9.17, 15) is 18.8 Å². The smallest absolute Gasteiger partial charge is 0.254 e. The fraction of sp³-hybridized carbons (Fsp3) is 0.211. The Kier molecular flexibility index (Phi) is 6.19. The molecule has 0 saturated carbocycles. The summed E-state index contributed by atoms with van der Waals surface area (Å²) in [4.78, 5) is 37.3. The van der Waals surface area contributed by atoms with Crippen LogP contribution in [0.1, 0.15) is 10.4 Å². The number of hydrogen-bond acceptors (Lipinski definition) is 4. The molecule has 2 aromatic carbocycles. The lowest BCUT2D eigenvalue weighted by Crippen LogP contribution is -2.52. The zero-order chi connectivity index (χ0) is 19.3. The topological polar surface area (TPSA) is 86.7 Å². The SMILES string of the molecule is CNC(=O)C(C(=O)CO)N(C)C(=O)c1ccc(-c2ccccc2F)cc1. The molecule has 0 aliphatic heterocycles. The van der Waals surface area contributed by atoms with Crippen LogP contribution in [0.25, 0.3) is 11.1 Å². The molecule has 2 aromatic rings. The van der Waals surface area contributed by atoms with Crippen LogP contribution in [0.5, 0.6) is 0 Å². The molecule has 0 aromatic heterocycles. The van der Waals surface area contributed by atoms with E-state index in [2.05, 4.69) is 5.32 Å². The third kappa shape index (κ3) is 3.94. The van der Waals surface area contributed by atoms with E-state index in [1.807, 2.05) is 0 Å². The van der Waals surface area contributed by atoms with Crippen LogP contribution in [0.3, 0.4) is 0 Å². The highest BCUT2D eigenvalue weighted by atomic mass is 19.1. The summed E-state index contributed by atoms with van der Waals surface area (Å²) in [5.74, 6) is -2.43. The average Bonchev–Trinajstić information content (AvgIpc) is 2.67. The van der Waals surface area contributed by atoms with Gasteiger partial charge in [0, 0.05) is 25.2 Å². The number of rotatable bonds is 6. The monoisotopic (exact) mass is 358 g/mol. The molecule has 136 valence electrons. The van der Waals surface area contributed by atoms with Crippen LogP contribution in [0.4, 0.5) is 4.39 Å². The van der Waals surface area contributed by atoms with Gasteiger partial charge < -0.3 is 15.3 Å². The Morgan fingerprint density at radius 2 is 1.73 bits per heavy atom. The fourth-order valence-electron chi connectivity index (χ4n) is 2.57. The number of carbonyl (C=O) groups is 3. The van der Waals surface area contributed by atoms with Gasteiger partial charge in [-0.3, -0.25) is 14.4 Å². The molecule has 0 fully saturated rings. The number of benzene rings is 2. The molecule has 0 aliphatic carbocycles. The summed E-state index contributed by atoms with van der Waals surface area (Å²) >= 11 is 0. The van der Waals surface area contributed by atoms with Crippen LogP contribution in [-0.4, -0.2) is 54.3 Å². The number of hydrogen-bond donors (Lipinski definition) is 2. The van der Waals surface area contributed by atoms with Crippen molar-refractivity contribution in [2.75, 3.05) is 20.7 Å². The number of aliphatic hydroxyl groups excluding tert-OH is 1. The summed E-state index contributed by atoms with van der Waals surface area (Å²) < 4.78 is 13.8. The number of Topliss-reactive ketones (excluding diaryl/α,β-unsaturated/α-hetero) is 1. The quantitative estimate of drug-likeness (QED) is 0.761. The Bertz CT molecular complexity index is 805. The number of ketones is 1. The Morgan fingerprint density at radius 1 is 1.12 bits per heavy atom. The molecule has 0 heterocycles. The maximum absolute atomic E-state index is 13.8. The molecule has 1 unspecified atom stereocenters. The van der Waals surface area contributed by atoms with Crippen LogP contribution >= 0.6 is 0 Å². The summed E-state index contributed by atoms with van der Waals surface area (Å²) in [5, 5.41) is 11.3. The molecule has 0 spiro atoms. The molecule has 2 rings (SSSR count). The van der Waals surface area contributed by atoms with Crippen molar-refractivity contribution in [2.45, 2.75) is 6.04 Å². The molecule has 1 atom stereocenters. The Balaban J connectivity index is 2.27. The third-order valence-electron chi connectivity index (χ3n) is 3.98. The van der Waals surface area contributed by atoms with Gasteiger partial charge >= 0.3 is 0 Å². The summed E-state index contributed by atoms with van der Waals surface area (Å²) in [6, 6.07) is 11.0. The minimum absolute atomic E-state index is 0.229. The molecule has 0 aliphatic rings. The molecule has 0 bridgehead atoms. The van der Waals surface area contributed by atoms with E-state index in [1.54, 1.807) is 30.3 Å². The lowest BCUT2D eigenvalue weighted by Gasteiger charge is -2.25. The van der Waals surface area contributed by atoms with Gasteiger partial charge in [0.1, 0.15) is 12.4 Å². The molecule has 6 nitrogen and oxygen atoms in total. The van der Waals surface area contributed by atoms with E-state index in [1.165, 1.54) is 32.3 Å². The molecule has 26 heavy (non-hydrogen) atoms. The van der Waals surface area contributed by atoms with Crippen molar-refractivity contribution in [3.63, 3.8) is 0 Å². The standard InChI is InChI=1S/C19H19FN2O4/c1-21-18(25)17(16(24)11-23)22(2)19(26)13-9-7-12(8-10-13)14-5-3-4-6-15(14)20/h3-10,17,23H,11H2,1-2H3,(H,21,25). The van der Waals surface area contributed by atoms with Gasteiger partial charge in [0.15, 0.2) is 11.8 Å². The van der Waals surface area contributed by atoms with E-state index in [-0.39, 0.29) is 11.4 Å². The first-order valence-corrected chi connectivity index (χ1v) is 7.88. The molecule has 0 saturated heterocycles. The minimum atomic E-state index is -1.43. The van der Waals surface area contributed by atoms with Gasteiger partial charge in [-0.25, -0.2) is 4.39 Å². The zero-order valence-electron chi connectivity index (χ0n) is 14.4. The highest BCUT2D eigenvalue weighted by Crippen LogP contribution is 2.23. The van der Waals surface area contributed by atoms with Crippen molar-refractivity contribution in [3.8, 4) is 11.1 Å². The second-order valence-corrected chi connectivity index (χ2v) is 5.61. The Labute approximate surface area is 150 Å². The number of nitrogens with zero attached hydrogens (tertiary/aromatic N) is 1. The normalized spacial score (nSPS) is 11.5. The number of likely N-dealkylation sites (N-methyl/N-ethyl adjacent to an activating group) is 2. The second kappa shape index (κ2) is 8.35. The molecule has 2 amide bonds. The van der Waals surface area contributed by atoms with Gasteiger partial charge in [-0.15, -0.1) is 0 Å². The first kappa shape index (κ1) is 19.3. The van der Waals surface area contributed by atoms with Crippen LogP contribution < -0.4 is 5.32 Å².